The summed E-state index contributed by atoms with van der Waals surface area (Å²) >= 11 is 0. The van der Waals surface area contributed by atoms with Crippen LogP contribution >= 0.6 is 0 Å². The fourth-order valence-corrected chi connectivity index (χ4v) is 3.42. The second-order valence-corrected chi connectivity index (χ2v) is 7.20. The Morgan fingerprint density at radius 3 is 2.48 bits per heavy atom. The van der Waals surface area contributed by atoms with Crippen molar-refractivity contribution in [2.24, 2.45) is 0 Å². The lowest BCUT2D eigenvalue weighted by Gasteiger charge is -2.17. The Labute approximate surface area is 182 Å². The van der Waals surface area contributed by atoms with Crippen molar-refractivity contribution < 1.29 is 22.8 Å². The lowest BCUT2D eigenvalue weighted by Crippen LogP contribution is -2.42. The highest BCUT2D eigenvalue weighted by molar-refractivity contribution is 6.01. The third-order valence-electron chi connectivity index (χ3n) is 5.04. The number of amides is 1. The molecular weight excluding hydrogens is 441 g/mol. The minimum Gasteiger partial charge on any atom is -0.322 e. The average Bonchev–Trinajstić information content (AvgIpc) is 3.25. The van der Waals surface area contributed by atoms with E-state index in [0.29, 0.717) is 22.6 Å². The summed E-state index contributed by atoms with van der Waals surface area (Å²) in [5.74, 6) is -0.729. The van der Waals surface area contributed by atoms with Crippen molar-refractivity contribution in [2.75, 3.05) is 5.43 Å². The fourth-order valence-electron chi connectivity index (χ4n) is 3.42. The Hall–Kier alpha value is -4.41. The van der Waals surface area contributed by atoms with Crippen LogP contribution in [-0.2, 0) is 6.18 Å². The van der Waals surface area contributed by atoms with E-state index in [4.69, 9.17) is 0 Å². The molecule has 8 nitrogen and oxygen atoms in total. The molecule has 0 atom stereocenters. The fraction of sp³-hybridized carbons (Fsp3) is 0.0909. The molecule has 11 heteroatoms. The molecule has 0 saturated carbocycles. The Kier molecular flexibility index (Phi) is 5.24. The minimum absolute atomic E-state index is 0.134. The standard InChI is InChI=1S/C22H15F3N4O4/c1-12-4-2-3-5-14(12)19(31)27-29-18-9-17(28-7-6-13(10-28)11-30)15(22(23,24)25)8-16(18)26-20(32)21(29)33/h2-11H,1H3,(H,26,32)(H,27,31). The van der Waals surface area contributed by atoms with E-state index in [1.807, 2.05) is 0 Å². The SMILES string of the molecule is Cc1ccccc1C(=O)Nn1c(=O)c(=O)[nH]c2cc(C(F)(F)F)c(-n3ccc(C=O)c3)cc21. The first-order chi connectivity index (χ1) is 15.6. The van der Waals surface area contributed by atoms with Crippen molar-refractivity contribution in [3.63, 3.8) is 0 Å². The molecule has 4 rings (SSSR count). The van der Waals surface area contributed by atoms with Crippen molar-refractivity contribution in [3.05, 3.63) is 97.8 Å². The quantitative estimate of drug-likeness (QED) is 0.364. The molecule has 2 aromatic carbocycles. The third-order valence-corrected chi connectivity index (χ3v) is 5.04. The third kappa shape index (κ3) is 3.95. The summed E-state index contributed by atoms with van der Waals surface area (Å²) in [5, 5.41) is 0. The summed E-state index contributed by atoms with van der Waals surface area (Å²) in [4.78, 5) is 50.6. The Morgan fingerprint density at radius 2 is 1.85 bits per heavy atom. The van der Waals surface area contributed by atoms with Gasteiger partial charge in [0, 0.05) is 23.5 Å². The molecule has 0 bridgehead atoms. The van der Waals surface area contributed by atoms with Crippen LogP contribution in [0.25, 0.3) is 16.7 Å². The van der Waals surface area contributed by atoms with Crippen LogP contribution in [0, 0.1) is 6.92 Å². The number of hydrogen-bond acceptors (Lipinski definition) is 4. The molecule has 0 aliphatic heterocycles. The van der Waals surface area contributed by atoms with Crippen LogP contribution in [0.2, 0.25) is 0 Å². The number of nitrogens with zero attached hydrogens (tertiary/aromatic N) is 2. The van der Waals surface area contributed by atoms with Gasteiger partial charge in [0.1, 0.15) is 0 Å². The number of benzene rings is 2. The van der Waals surface area contributed by atoms with Crippen molar-refractivity contribution in [1.82, 2.24) is 14.2 Å². The molecule has 0 radical (unpaired) electrons. The predicted octanol–water partition coefficient (Wildman–Crippen LogP) is 3.00. The van der Waals surface area contributed by atoms with E-state index in [1.165, 1.54) is 24.5 Å². The molecule has 33 heavy (non-hydrogen) atoms. The summed E-state index contributed by atoms with van der Waals surface area (Å²) in [6.07, 6.45) is -1.92. The van der Waals surface area contributed by atoms with Crippen LogP contribution in [0.5, 0.6) is 0 Å². The van der Waals surface area contributed by atoms with Gasteiger partial charge in [0.05, 0.1) is 22.3 Å². The number of H-pyrrole nitrogens is 1. The van der Waals surface area contributed by atoms with E-state index in [0.717, 1.165) is 10.6 Å². The van der Waals surface area contributed by atoms with Crippen molar-refractivity contribution >= 4 is 23.2 Å². The topological polar surface area (TPSA) is 106 Å². The number of aromatic nitrogens is 3. The molecular formula is C22H15F3N4O4. The number of fused-ring (bicyclic) bond motifs is 1. The van der Waals surface area contributed by atoms with Gasteiger partial charge in [-0.15, -0.1) is 0 Å². The molecule has 2 heterocycles. The highest BCUT2D eigenvalue weighted by Crippen LogP contribution is 2.36. The van der Waals surface area contributed by atoms with Crippen LogP contribution in [-0.4, -0.2) is 26.4 Å². The highest BCUT2D eigenvalue weighted by Gasteiger charge is 2.35. The number of halogens is 3. The largest absolute Gasteiger partial charge is 0.418 e. The van der Waals surface area contributed by atoms with Crippen molar-refractivity contribution in [2.45, 2.75) is 13.1 Å². The lowest BCUT2D eigenvalue weighted by atomic mass is 10.1. The van der Waals surface area contributed by atoms with Crippen LogP contribution in [0.4, 0.5) is 13.2 Å². The van der Waals surface area contributed by atoms with Gasteiger partial charge in [-0.3, -0.25) is 24.6 Å². The Balaban J connectivity index is 1.98. The van der Waals surface area contributed by atoms with E-state index in [2.05, 4.69) is 10.4 Å². The van der Waals surface area contributed by atoms with E-state index in [-0.39, 0.29) is 22.2 Å². The Morgan fingerprint density at radius 1 is 1.12 bits per heavy atom. The van der Waals surface area contributed by atoms with Gasteiger partial charge in [-0.05, 0) is 36.8 Å². The lowest BCUT2D eigenvalue weighted by molar-refractivity contribution is -0.137. The van der Waals surface area contributed by atoms with Gasteiger partial charge in [-0.2, -0.15) is 13.2 Å². The van der Waals surface area contributed by atoms with Crippen LogP contribution in [0.1, 0.15) is 31.8 Å². The molecule has 2 aromatic heterocycles. The van der Waals surface area contributed by atoms with Crippen LogP contribution in [0.15, 0.2) is 64.4 Å². The zero-order valence-corrected chi connectivity index (χ0v) is 16.9. The number of alkyl halides is 3. The molecule has 0 unspecified atom stereocenters. The number of aromatic amines is 1. The number of rotatable bonds is 4. The summed E-state index contributed by atoms with van der Waals surface area (Å²) in [6, 6.07) is 9.46. The summed E-state index contributed by atoms with van der Waals surface area (Å²) in [7, 11) is 0. The number of carbonyl (C=O) groups excluding carboxylic acids is 2. The van der Waals surface area contributed by atoms with Crippen LogP contribution < -0.4 is 16.5 Å². The van der Waals surface area contributed by atoms with Gasteiger partial charge in [-0.25, -0.2) is 4.68 Å². The van der Waals surface area contributed by atoms with Gasteiger partial charge in [-0.1, -0.05) is 18.2 Å². The van der Waals surface area contributed by atoms with E-state index in [9.17, 15) is 32.3 Å². The zero-order valence-electron chi connectivity index (χ0n) is 16.9. The molecule has 1 amide bonds. The van der Waals surface area contributed by atoms with Gasteiger partial charge in [0.15, 0.2) is 6.29 Å². The number of aldehydes is 1. The second-order valence-electron chi connectivity index (χ2n) is 7.20. The molecule has 4 aromatic rings. The van der Waals surface area contributed by atoms with Crippen molar-refractivity contribution in [1.29, 1.82) is 0 Å². The summed E-state index contributed by atoms with van der Waals surface area (Å²) < 4.78 is 43.1. The summed E-state index contributed by atoms with van der Waals surface area (Å²) in [5.41, 5.74) is -1.17. The van der Waals surface area contributed by atoms with Crippen LogP contribution in [0.3, 0.4) is 0 Å². The monoisotopic (exact) mass is 456 g/mol. The predicted molar refractivity (Wildman–Crippen MR) is 113 cm³/mol. The van der Waals surface area contributed by atoms with Crippen molar-refractivity contribution in [3.8, 4) is 5.69 Å². The number of hydrogen-bond donors (Lipinski definition) is 2. The average molecular weight is 456 g/mol. The highest BCUT2D eigenvalue weighted by atomic mass is 19.4. The van der Waals surface area contributed by atoms with E-state index >= 15 is 0 Å². The van der Waals surface area contributed by atoms with E-state index in [1.54, 1.807) is 25.1 Å². The maximum atomic E-state index is 13.8. The zero-order chi connectivity index (χ0) is 23.9. The second kappa shape index (κ2) is 7.93. The first-order valence-electron chi connectivity index (χ1n) is 9.51. The molecule has 0 spiro atoms. The van der Waals surface area contributed by atoms with E-state index < -0.39 is 34.5 Å². The molecule has 168 valence electrons. The number of nitrogens with one attached hydrogen (secondary N) is 2. The maximum absolute atomic E-state index is 13.8. The first-order valence-corrected chi connectivity index (χ1v) is 9.51. The van der Waals surface area contributed by atoms with Gasteiger partial charge < -0.3 is 9.55 Å². The molecule has 0 fully saturated rings. The molecule has 2 N–H and O–H groups in total. The first kappa shape index (κ1) is 21.8. The maximum Gasteiger partial charge on any atom is 0.418 e. The smallest absolute Gasteiger partial charge is 0.322 e. The van der Waals surface area contributed by atoms with Gasteiger partial charge >= 0.3 is 17.3 Å². The number of carbonyl (C=O) groups is 2. The molecule has 0 aliphatic rings. The molecule has 0 aliphatic carbocycles. The van der Waals surface area contributed by atoms with Gasteiger partial charge in [0.25, 0.3) is 5.91 Å². The Bertz CT molecular complexity index is 1530. The van der Waals surface area contributed by atoms with Gasteiger partial charge in [0.2, 0.25) is 0 Å². The normalized spacial score (nSPS) is 11.5. The molecule has 0 saturated heterocycles. The number of aryl methyl sites for hydroxylation is 1. The minimum atomic E-state index is -4.82. The summed E-state index contributed by atoms with van der Waals surface area (Å²) in [6.45, 7) is 1.66.